The molecule has 0 radical (unpaired) electrons. The van der Waals surface area contributed by atoms with E-state index in [0.29, 0.717) is 24.2 Å². The zero-order valence-corrected chi connectivity index (χ0v) is 26.4. The van der Waals surface area contributed by atoms with Gasteiger partial charge < -0.3 is 0 Å². The molecule has 0 N–H and O–H groups in total. The van der Waals surface area contributed by atoms with Crippen molar-refractivity contribution >= 4 is 28.1 Å². The van der Waals surface area contributed by atoms with E-state index >= 15 is 0 Å². The minimum absolute atomic E-state index is 0.656. The van der Waals surface area contributed by atoms with E-state index in [4.69, 9.17) is 19.4 Å². The summed E-state index contributed by atoms with van der Waals surface area (Å²) in [4.78, 5) is 11.2. The van der Waals surface area contributed by atoms with Gasteiger partial charge in [-0.3, -0.25) is 0 Å². The van der Waals surface area contributed by atoms with Gasteiger partial charge in [0.15, 0.2) is 0 Å². The second-order valence-electron chi connectivity index (χ2n) is 12.9. The summed E-state index contributed by atoms with van der Waals surface area (Å²) in [5.74, 6) is 0. The first kappa shape index (κ1) is 27.9. The molecule has 0 atom stereocenters. The van der Waals surface area contributed by atoms with Crippen LogP contribution in [0.2, 0.25) is 0 Å². The third kappa shape index (κ3) is 5.91. The molecule has 0 bridgehead atoms. The molecule has 37 heavy (non-hydrogen) atoms. The topological polar surface area (TPSA) is 13.0 Å². The van der Waals surface area contributed by atoms with Gasteiger partial charge >= 0.3 is 238 Å². The van der Waals surface area contributed by atoms with E-state index in [1.54, 1.807) is 0 Å². The third-order valence-electron chi connectivity index (χ3n) is 10.5. The van der Waals surface area contributed by atoms with Gasteiger partial charge in [-0.1, -0.05) is 0 Å². The van der Waals surface area contributed by atoms with E-state index in [2.05, 4.69) is 19.6 Å². The molecule has 0 spiro atoms. The Morgan fingerprint density at radius 2 is 0.595 bits per heavy atom. The Bertz CT molecular complexity index is 759. The van der Waals surface area contributed by atoms with Crippen LogP contribution in [0.15, 0.2) is 0 Å². The third-order valence-corrected chi connectivity index (χ3v) is 17.3. The van der Waals surface area contributed by atoms with Gasteiger partial charge in [-0.25, -0.2) is 0 Å². The molecule has 7 heteroatoms. The average Bonchev–Trinajstić information content (AvgIpc) is 3.62. The molecule has 2 saturated heterocycles. The molecule has 0 aromatic carbocycles. The van der Waals surface area contributed by atoms with Gasteiger partial charge in [0.1, 0.15) is 0 Å². The zero-order valence-electron chi connectivity index (χ0n) is 23.2. The fourth-order valence-electron chi connectivity index (χ4n) is 8.59. The first-order valence-electron chi connectivity index (χ1n) is 16.1. The Morgan fingerprint density at radius 3 is 0.811 bits per heavy atom. The van der Waals surface area contributed by atoms with Gasteiger partial charge in [0.25, 0.3) is 0 Å². The fourth-order valence-corrected chi connectivity index (χ4v) is 17.1. The predicted molar refractivity (Wildman–Crippen MR) is 156 cm³/mol. The van der Waals surface area contributed by atoms with E-state index in [-0.39, 0.29) is 0 Å². The van der Waals surface area contributed by atoms with Crippen molar-refractivity contribution in [3.63, 3.8) is 0 Å². The monoisotopic (exact) mass is 640 g/mol. The van der Waals surface area contributed by atoms with Crippen LogP contribution in [0.25, 0.3) is 0 Å². The van der Waals surface area contributed by atoms with Crippen LogP contribution in [-0.4, -0.2) is 78.7 Å². The van der Waals surface area contributed by atoms with Crippen molar-refractivity contribution in [1.82, 2.24) is 19.6 Å². The van der Waals surface area contributed by atoms with Gasteiger partial charge in [-0.2, -0.15) is 0 Å². The van der Waals surface area contributed by atoms with Crippen LogP contribution in [0.5, 0.6) is 0 Å². The summed E-state index contributed by atoms with van der Waals surface area (Å²) >= 11 is -3.39. The standard InChI is InChI=1S/2C15H26N2.2ClH.Ru/c2*1-3-7-14(8-4-1)16-11-12-17(13-16)15-9-5-2-6-10-15;;;/h2*14-15H,1-12H2;2*1H;/q;;;;+2/p-2. The summed E-state index contributed by atoms with van der Waals surface area (Å²) in [6, 6.07) is 2.62. The van der Waals surface area contributed by atoms with E-state index < -0.39 is 11.9 Å². The van der Waals surface area contributed by atoms with Crippen molar-refractivity contribution in [3.05, 3.63) is 0 Å². The molecule has 0 amide bonds. The van der Waals surface area contributed by atoms with Crippen LogP contribution in [-0.2, 0) is 11.9 Å². The Hall–Kier alpha value is 0.783. The van der Waals surface area contributed by atoms with Crippen molar-refractivity contribution in [1.29, 1.82) is 0 Å². The normalized spacial score (nSPS) is 31.1. The van der Waals surface area contributed by atoms with Crippen molar-refractivity contribution in [3.8, 4) is 0 Å². The maximum absolute atomic E-state index is 8.10. The van der Waals surface area contributed by atoms with Gasteiger partial charge in [0.05, 0.1) is 0 Å². The average molecular weight is 641 g/mol. The SMILES string of the molecule is [Cl][Ru]([Cl])(=[C]1N(C2CCCCC2)CCN1C1CCCCC1)=[C]1N(C2CCCCC2)CCN1C1CCCCC1. The first-order valence-corrected chi connectivity index (χ1v) is 22.3. The van der Waals surface area contributed by atoms with Gasteiger partial charge in [0, 0.05) is 0 Å². The molecule has 4 nitrogen and oxygen atoms in total. The summed E-state index contributed by atoms with van der Waals surface area (Å²) < 4.78 is 2.91. The molecule has 4 aliphatic carbocycles. The summed E-state index contributed by atoms with van der Waals surface area (Å²) in [6.45, 7) is 4.61. The van der Waals surface area contributed by atoms with E-state index in [9.17, 15) is 0 Å². The summed E-state index contributed by atoms with van der Waals surface area (Å²) in [6.07, 6.45) is 27.3. The molecule has 6 fully saturated rings. The number of nitrogens with zero attached hydrogens (tertiary/aromatic N) is 4. The van der Waals surface area contributed by atoms with Crippen molar-refractivity contribution in [2.75, 3.05) is 26.2 Å². The van der Waals surface area contributed by atoms with Crippen molar-refractivity contribution < 1.29 is 11.9 Å². The van der Waals surface area contributed by atoms with Gasteiger partial charge in [-0.05, 0) is 0 Å². The number of hydrogen-bond acceptors (Lipinski definition) is 4. The van der Waals surface area contributed by atoms with E-state index in [1.165, 1.54) is 137 Å². The zero-order chi connectivity index (χ0) is 25.2. The van der Waals surface area contributed by atoms with Crippen LogP contribution in [0.1, 0.15) is 128 Å². The number of rotatable bonds is 4. The van der Waals surface area contributed by atoms with E-state index in [0.717, 1.165) is 26.2 Å². The molecule has 0 aromatic heterocycles. The van der Waals surface area contributed by atoms with E-state index in [1.807, 2.05) is 0 Å². The summed E-state index contributed by atoms with van der Waals surface area (Å²) in [7, 11) is 16.2. The minimum atomic E-state index is -3.39. The van der Waals surface area contributed by atoms with Crippen molar-refractivity contribution in [2.24, 2.45) is 0 Å². The fraction of sp³-hybridized carbons (Fsp3) is 0.933. The molecular weight excluding hydrogens is 588 g/mol. The Kier molecular flexibility index (Phi) is 9.62. The number of hydrogen-bond donors (Lipinski definition) is 0. The molecule has 4 saturated carbocycles. The molecule has 214 valence electrons. The second kappa shape index (κ2) is 12.7. The van der Waals surface area contributed by atoms with Gasteiger partial charge in [-0.15, -0.1) is 0 Å². The predicted octanol–water partition coefficient (Wildman–Crippen LogP) is 7.19. The Balaban J connectivity index is 1.49. The first-order chi connectivity index (χ1) is 18.1. The Morgan fingerprint density at radius 1 is 0.378 bits per heavy atom. The Labute approximate surface area is 237 Å². The quantitative estimate of drug-likeness (QED) is 0.302. The molecule has 2 aliphatic heterocycles. The molecule has 2 heterocycles. The van der Waals surface area contributed by atoms with Crippen molar-refractivity contribution in [2.45, 2.75) is 153 Å². The van der Waals surface area contributed by atoms with Crippen LogP contribution < -0.4 is 0 Å². The molecule has 0 unspecified atom stereocenters. The summed E-state index contributed by atoms with van der Waals surface area (Å²) in [5, 5.41) is 0. The second-order valence-corrected chi connectivity index (χ2v) is 22.0. The molecular formula is C30H52Cl2N4Ru. The molecule has 6 aliphatic rings. The van der Waals surface area contributed by atoms with Crippen LogP contribution in [0.4, 0.5) is 0 Å². The van der Waals surface area contributed by atoms with Crippen LogP contribution in [0.3, 0.4) is 0 Å². The van der Waals surface area contributed by atoms with Gasteiger partial charge in [0.2, 0.25) is 0 Å². The molecule has 6 rings (SSSR count). The number of halogens is 2. The molecule has 0 aromatic rings. The van der Waals surface area contributed by atoms with Crippen LogP contribution >= 0.6 is 19.4 Å². The van der Waals surface area contributed by atoms with Crippen LogP contribution in [0, 0.1) is 0 Å². The summed E-state index contributed by atoms with van der Waals surface area (Å²) in [5.41, 5.74) is 0. The maximum atomic E-state index is 8.10.